The van der Waals surface area contributed by atoms with E-state index in [2.05, 4.69) is 32.6 Å². The normalized spacial score (nSPS) is 11.2. The van der Waals surface area contributed by atoms with Gasteiger partial charge in [0.2, 0.25) is 0 Å². The molecule has 0 aliphatic heterocycles. The summed E-state index contributed by atoms with van der Waals surface area (Å²) in [4.78, 5) is 15.3. The summed E-state index contributed by atoms with van der Waals surface area (Å²) in [6.45, 7) is 6.39. The molecule has 0 saturated carbocycles. The number of halogens is 1. The van der Waals surface area contributed by atoms with Gasteiger partial charge in [-0.15, -0.1) is 0 Å². The second kappa shape index (κ2) is 6.01. The zero-order chi connectivity index (χ0) is 14.9. The molecule has 0 aliphatic rings. The fourth-order valence-corrected chi connectivity index (χ4v) is 2.98. The minimum absolute atomic E-state index is 0.0209. The Labute approximate surface area is 129 Å². The predicted octanol–water partition coefficient (Wildman–Crippen LogP) is 2.42. The van der Waals surface area contributed by atoms with Gasteiger partial charge >= 0.3 is 5.97 Å². The van der Waals surface area contributed by atoms with Crippen LogP contribution in [0.25, 0.3) is 11.2 Å². The van der Waals surface area contributed by atoms with Crippen molar-refractivity contribution in [2.45, 2.75) is 25.0 Å². The molecule has 0 fully saturated rings. The summed E-state index contributed by atoms with van der Waals surface area (Å²) in [5.41, 5.74) is 2.63. The van der Waals surface area contributed by atoms with Crippen LogP contribution in [0, 0.1) is 0 Å². The van der Waals surface area contributed by atoms with Crippen LogP contribution in [-0.2, 0) is 24.8 Å². The topological polar surface area (TPSA) is 72.9 Å². The van der Waals surface area contributed by atoms with Crippen molar-refractivity contribution in [3.8, 4) is 0 Å². The van der Waals surface area contributed by atoms with Crippen molar-refractivity contribution in [3.05, 3.63) is 16.8 Å². The molecule has 0 aromatic carbocycles. The molecule has 2 aromatic rings. The van der Waals surface area contributed by atoms with Crippen molar-refractivity contribution >= 4 is 44.8 Å². The third kappa shape index (κ3) is 2.90. The van der Waals surface area contributed by atoms with Crippen molar-refractivity contribution in [1.82, 2.24) is 19.3 Å². The first-order chi connectivity index (χ1) is 9.43. The number of carboxylic acids is 1. The minimum Gasteiger partial charge on any atom is -0.481 e. The van der Waals surface area contributed by atoms with E-state index in [1.54, 1.807) is 4.68 Å². The summed E-state index contributed by atoms with van der Waals surface area (Å²) in [7, 11) is 1.86. The zero-order valence-corrected chi connectivity index (χ0v) is 13.7. The molecule has 8 heteroatoms. The first kappa shape index (κ1) is 15.1. The molecule has 0 aliphatic carbocycles. The average molecular weight is 359 g/mol. The maximum Gasteiger partial charge on any atom is 0.313 e. The van der Waals surface area contributed by atoms with Crippen LogP contribution in [0.15, 0.2) is 16.2 Å². The smallest absolute Gasteiger partial charge is 0.313 e. The highest BCUT2D eigenvalue weighted by atomic mass is 79.9. The van der Waals surface area contributed by atoms with E-state index in [4.69, 9.17) is 5.11 Å². The molecular weight excluding hydrogens is 344 g/mol. The molecule has 2 aromatic heterocycles. The third-order valence-corrected chi connectivity index (χ3v) is 3.96. The van der Waals surface area contributed by atoms with Crippen LogP contribution in [0.2, 0.25) is 0 Å². The maximum atomic E-state index is 10.7. The van der Waals surface area contributed by atoms with E-state index < -0.39 is 5.97 Å². The van der Waals surface area contributed by atoms with E-state index >= 15 is 0 Å². The number of aryl methyl sites for hydroxylation is 2. The second-order valence-electron chi connectivity index (χ2n) is 4.28. The number of imidazole rings is 1. The summed E-state index contributed by atoms with van der Waals surface area (Å²) in [5.74, 6) is -0.882. The number of carbonyl (C=O) groups is 1. The van der Waals surface area contributed by atoms with Gasteiger partial charge in [0.05, 0.1) is 18.0 Å². The first-order valence-electron chi connectivity index (χ1n) is 6.04. The third-order valence-electron chi connectivity index (χ3n) is 2.75. The highest BCUT2D eigenvalue weighted by Gasteiger charge is 2.19. The lowest BCUT2D eigenvalue weighted by molar-refractivity contribution is -0.133. The zero-order valence-electron chi connectivity index (χ0n) is 11.3. The van der Waals surface area contributed by atoms with Gasteiger partial charge in [-0.1, -0.05) is 41.2 Å². The Morgan fingerprint density at radius 1 is 1.55 bits per heavy atom. The Kier molecular flexibility index (Phi) is 4.54. The molecule has 108 valence electrons. The second-order valence-corrected chi connectivity index (χ2v) is 6.34. The number of rotatable bonds is 6. The van der Waals surface area contributed by atoms with E-state index in [0.717, 1.165) is 27.8 Å². The van der Waals surface area contributed by atoms with E-state index in [1.807, 2.05) is 18.5 Å². The number of aliphatic carboxylic acids is 1. The van der Waals surface area contributed by atoms with Crippen LogP contribution in [0.1, 0.15) is 12.6 Å². The van der Waals surface area contributed by atoms with Gasteiger partial charge in [-0.05, 0) is 6.42 Å². The van der Waals surface area contributed by atoms with Crippen LogP contribution in [-0.4, -0.2) is 36.2 Å². The molecule has 0 radical (unpaired) electrons. The fraction of sp³-hybridized carbons (Fsp3) is 0.417. The first-order valence-corrected chi connectivity index (χ1v) is 7.81. The molecule has 0 saturated heterocycles. The van der Waals surface area contributed by atoms with Gasteiger partial charge in [0.1, 0.15) is 5.52 Å². The van der Waals surface area contributed by atoms with Crippen molar-refractivity contribution in [1.29, 1.82) is 0 Å². The van der Waals surface area contributed by atoms with Crippen LogP contribution in [0.5, 0.6) is 0 Å². The Morgan fingerprint density at radius 3 is 2.80 bits per heavy atom. The lowest BCUT2D eigenvalue weighted by atomic mass is 10.3. The number of aromatic nitrogens is 4. The van der Waals surface area contributed by atoms with Gasteiger partial charge in [-0.3, -0.25) is 14.0 Å². The molecule has 2 heterocycles. The number of hydrogen-bond acceptors (Lipinski definition) is 4. The average Bonchev–Trinajstić information content (AvgIpc) is 2.85. The van der Waals surface area contributed by atoms with Crippen LogP contribution >= 0.6 is 27.7 Å². The van der Waals surface area contributed by atoms with Gasteiger partial charge in [0, 0.05) is 11.5 Å². The summed E-state index contributed by atoms with van der Waals surface area (Å²) < 4.78 is 4.52. The van der Waals surface area contributed by atoms with Crippen LogP contribution < -0.4 is 0 Å². The van der Waals surface area contributed by atoms with E-state index in [0.29, 0.717) is 11.7 Å². The van der Waals surface area contributed by atoms with Crippen molar-refractivity contribution in [2.24, 2.45) is 7.05 Å². The van der Waals surface area contributed by atoms with Crippen molar-refractivity contribution in [3.63, 3.8) is 0 Å². The molecule has 6 nitrogen and oxygen atoms in total. The largest absolute Gasteiger partial charge is 0.481 e. The van der Waals surface area contributed by atoms with Gasteiger partial charge < -0.3 is 5.11 Å². The fourth-order valence-electron chi connectivity index (χ4n) is 2.01. The Morgan fingerprint density at radius 2 is 2.25 bits per heavy atom. The predicted molar refractivity (Wildman–Crippen MR) is 82.3 cm³/mol. The molecule has 0 spiro atoms. The molecular formula is C12H15BrN4O2S. The molecule has 0 bridgehead atoms. The van der Waals surface area contributed by atoms with E-state index in [1.165, 1.54) is 11.8 Å². The number of carboxylic acid groups (broad SMARTS) is 1. The summed E-state index contributed by atoms with van der Waals surface area (Å²) >= 11 is 4.55. The molecule has 20 heavy (non-hydrogen) atoms. The molecule has 1 N–H and O–H groups in total. The van der Waals surface area contributed by atoms with Gasteiger partial charge in [-0.2, -0.15) is 5.10 Å². The highest BCUT2D eigenvalue weighted by molar-refractivity contribution is 9.11. The van der Waals surface area contributed by atoms with Gasteiger partial charge in [0.25, 0.3) is 0 Å². The lowest BCUT2D eigenvalue weighted by Crippen LogP contribution is -2.06. The number of thioether (sulfide) groups is 1. The molecule has 0 unspecified atom stereocenters. The minimum atomic E-state index is -0.861. The monoisotopic (exact) mass is 358 g/mol. The Balaban J connectivity index is 2.54. The number of fused-ring (bicyclic) bond motifs is 1. The van der Waals surface area contributed by atoms with Crippen molar-refractivity contribution in [2.75, 3.05) is 5.75 Å². The quantitative estimate of drug-likeness (QED) is 0.802. The Bertz CT molecular complexity index is 677. The summed E-state index contributed by atoms with van der Waals surface area (Å²) in [6, 6.07) is 0. The van der Waals surface area contributed by atoms with Crippen molar-refractivity contribution < 1.29 is 9.90 Å². The van der Waals surface area contributed by atoms with E-state index in [9.17, 15) is 4.79 Å². The Hall–Kier alpha value is -1.28. The SMILES string of the molecule is C=C(Br)Cn1c(SCC(=O)O)nc2c(CC)nn(C)c21. The number of allylic oxidation sites excluding steroid dienone is 1. The molecule has 0 atom stereocenters. The van der Waals surface area contributed by atoms with E-state index in [-0.39, 0.29) is 5.75 Å². The standard InChI is InChI=1S/C12H15BrN4O2S/c1-4-8-10-11(16(3)15-8)17(5-7(2)13)12(14-10)20-6-9(18)19/h2,4-6H2,1,3H3,(H,18,19). The lowest BCUT2D eigenvalue weighted by Gasteiger charge is -2.07. The van der Waals surface area contributed by atoms with Gasteiger partial charge in [0.15, 0.2) is 10.8 Å². The molecule has 0 amide bonds. The molecule has 2 rings (SSSR count). The number of nitrogens with zero attached hydrogens (tertiary/aromatic N) is 4. The summed E-state index contributed by atoms with van der Waals surface area (Å²) in [6.07, 6.45) is 0.784. The van der Waals surface area contributed by atoms with Gasteiger partial charge in [-0.25, -0.2) is 4.98 Å². The van der Waals surface area contributed by atoms with Crippen LogP contribution in [0.3, 0.4) is 0 Å². The maximum absolute atomic E-state index is 10.7. The highest BCUT2D eigenvalue weighted by Crippen LogP contribution is 2.27. The van der Waals surface area contributed by atoms with Crippen LogP contribution in [0.4, 0.5) is 0 Å². The number of hydrogen-bond donors (Lipinski definition) is 1. The summed E-state index contributed by atoms with van der Waals surface area (Å²) in [5, 5.41) is 13.9.